The van der Waals surface area contributed by atoms with Crippen LogP contribution in [0.15, 0.2) is 47.8 Å². The number of aromatic amines is 1. The Morgan fingerprint density at radius 2 is 2.04 bits per heavy atom. The highest BCUT2D eigenvalue weighted by atomic mass is 32.2. The van der Waals surface area contributed by atoms with Crippen LogP contribution in [0, 0.1) is 5.82 Å². The summed E-state index contributed by atoms with van der Waals surface area (Å²) in [5.41, 5.74) is 2.90. The molecule has 3 aromatic rings. The zero-order chi connectivity index (χ0) is 15.6. The van der Waals surface area contributed by atoms with Gasteiger partial charge in [-0.1, -0.05) is 12.1 Å². The molecule has 0 radical (unpaired) electrons. The van der Waals surface area contributed by atoms with Crippen LogP contribution in [0.4, 0.5) is 4.39 Å². The van der Waals surface area contributed by atoms with E-state index in [1.165, 1.54) is 12.1 Å². The van der Waals surface area contributed by atoms with Crippen LogP contribution in [0.2, 0.25) is 0 Å². The van der Waals surface area contributed by atoms with Crippen molar-refractivity contribution < 1.29 is 4.39 Å². The van der Waals surface area contributed by atoms with Gasteiger partial charge in [0.1, 0.15) is 28.5 Å². The van der Waals surface area contributed by atoms with Crippen LogP contribution < -0.4 is 0 Å². The monoisotopic (exact) mass is 326 g/mol. The topological polar surface area (TPSA) is 53.9 Å². The minimum atomic E-state index is -0.190. The molecular weight excluding hydrogens is 311 g/mol. The second-order valence-corrected chi connectivity index (χ2v) is 6.54. The molecule has 1 unspecified atom stereocenters. The van der Waals surface area contributed by atoms with Crippen LogP contribution in [0.5, 0.6) is 0 Å². The molecule has 3 heterocycles. The lowest BCUT2D eigenvalue weighted by molar-refractivity contribution is 0.625. The molecule has 116 valence electrons. The van der Waals surface area contributed by atoms with Crippen molar-refractivity contribution in [1.82, 2.24) is 15.0 Å². The SMILES string of the molecule is Fc1ccc(CCC2CSC(c3ncnc4[nH]ccc34)=N2)cc1. The summed E-state index contributed by atoms with van der Waals surface area (Å²) < 4.78 is 12.9. The molecule has 0 saturated carbocycles. The summed E-state index contributed by atoms with van der Waals surface area (Å²) in [4.78, 5) is 16.5. The molecule has 0 aliphatic carbocycles. The molecule has 1 aromatic carbocycles. The first-order valence-electron chi connectivity index (χ1n) is 7.53. The van der Waals surface area contributed by atoms with Crippen LogP contribution in [0.25, 0.3) is 11.0 Å². The summed E-state index contributed by atoms with van der Waals surface area (Å²) in [6, 6.07) is 8.98. The highest BCUT2D eigenvalue weighted by molar-refractivity contribution is 8.14. The molecule has 4 rings (SSSR count). The molecule has 0 amide bonds. The fourth-order valence-corrected chi connectivity index (χ4v) is 3.83. The second kappa shape index (κ2) is 6.12. The number of H-pyrrole nitrogens is 1. The van der Waals surface area contributed by atoms with E-state index >= 15 is 0 Å². The Morgan fingerprint density at radius 3 is 2.91 bits per heavy atom. The van der Waals surface area contributed by atoms with Gasteiger partial charge in [0.15, 0.2) is 0 Å². The number of nitrogens with one attached hydrogen (secondary N) is 1. The maximum atomic E-state index is 12.9. The molecule has 0 spiro atoms. The predicted octanol–water partition coefficient (Wildman–Crippen LogP) is 3.59. The van der Waals surface area contributed by atoms with E-state index < -0.39 is 0 Å². The third-order valence-corrected chi connectivity index (χ3v) is 5.07. The van der Waals surface area contributed by atoms with Gasteiger partial charge in [-0.3, -0.25) is 4.99 Å². The van der Waals surface area contributed by atoms with Crippen LogP contribution in [0.3, 0.4) is 0 Å². The van der Waals surface area contributed by atoms with Gasteiger partial charge >= 0.3 is 0 Å². The first-order chi connectivity index (χ1) is 11.3. The van der Waals surface area contributed by atoms with Gasteiger partial charge in [-0.2, -0.15) is 0 Å². The molecule has 1 atom stereocenters. The standard InChI is InChI=1S/C17H15FN4S/c18-12-4-1-11(2-5-12)3-6-13-9-23-17(22-13)15-14-7-8-19-16(14)21-10-20-15/h1-2,4-5,7-8,10,13H,3,6,9H2,(H,19,20,21). The van der Waals surface area contributed by atoms with Crippen molar-refractivity contribution in [2.24, 2.45) is 4.99 Å². The summed E-state index contributed by atoms with van der Waals surface area (Å²) in [5.74, 6) is 0.775. The molecule has 1 aliphatic heterocycles. The lowest BCUT2D eigenvalue weighted by Gasteiger charge is -2.05. The maximum Gasteiger partial charge on any atom is 0.141 e. The first kappa shape index (κ1) is 14.4. The number of fused-ring (bicyclic) bond motifs is 1. The Balaban J connectivity index is 1.49. The van der Waals surface area contributed by atoms with Crippen molar-refractivity contribution in [3.05, 3.63) is 59.9 Å². The van der Waals surface area contributed by atoms with Crippen molar-refractivity contribution in [2.45, 2.75) is 18.9 Å². The Bertz CT molecular complexity index is 856. The van der Waals surface area contributed by atoms with E-state index in [9.17, 15) is 4.39 Å². The highest BCUT2D eigenvalue weighted by Crippen LogP contribution is 2.28. The van der Waals surface area contributed by atoms with Gasteiger partial charge in [0.05, 0.1) is 6.04 Å². The van der Waals surface area contributed by atoms with E-state index in [-0.39, 0.29) is 11.9 Å². The fourth-order valence-electron chi connectivity index (χ4n) is 2.72. The van der Waals surface area contributed by atoms with Crippen molar-refractivity contribution >= 4 is 27.8 Å². The second-order valence-electron chi connectivity index (χ2n) is 5.53. The summed E-state index contributed by atoms with van der Waals surface area (Å²) in [6.45, 7) is 0. The Morgan fingerprint density at radius 1 is 1.17 bits per heavy atom. The van der Waals surface area contributed by atoms with Crippen LogP contribution in [-0.4, -0.2) is 31.8 Å². The summed E-state index contributed by atoms with van der Waals surface area (Å²) >= 11 is 1.75. The quantitative estimate of drug-likeness (QED) is 0.797. The number of nitrogens with zero attached hydrogens (tertiary/aromatic N) is 3. The molecule has 0 saturated heterocycles. The van der Waals surface area contributed by atoms with Crippen molar-refractivity contribution in [1.29, 1.82) is 0 Å². The third-order valence-electron chi connectivity index (χ3n) is 3.95. The average molecular weight is 326 g/mol. The number of aromatic nitrogens is 3. The molecule has 6 heteroatoms. The Hall–Kier alpha value is -2.21. The van der Waals surface area contributed by atoms with Crippen molar-refractivity contribution in [3.63, 3.8) is 0 Å². The van der Waals surface area contributed by atoms with Crippen molar-refractivity contribution in [3.8, 4) is 0 Å². The van der Waals surface area contributed by atoms with Crippen molar-refractivity contribution in [2.75, 3.05) is 5.75 Å². The van der Waals surface area contributed by atoms with Gasteiger partial charge in [-0.15, -0.1) is 11.8 Å². The maximum absolute atomic E-state index is 12.9. The van der Waals surface area contributed by atoms with Gasteiger partial charge < -0.3 is 4.98 Å². The van der Waals surface area contributed by atoms with Crippen LogP contribution >= 0.6 is 11.8 Å². The average Bonchev–Trinajstić information content (AvgIpc) is 3.23. The smallest absolute Gasteiger partial charge is 0.141 e. The van der Waals surface area contributed by atoms with Crippen LogP contribution in [0.1, 0.15) is 17.7 Å². The van der Waals surface area contributed by atoms with E-state index in [1.807, 2.05) is 24.4 Å². The lowest BCUT2D eigenvalue weighted by atomic mass is 10.1. The van der Waals surface area contributed by atoms with Gasteiger partial charge in [-0.25, -0.2) is 14.4 Å². The molecule has 23 heavy (non-hydrogen) atoms. The van der Waals surface area contributed by atoms with Gasteiger partial charge in [0, 0.05) is 17.3 Å². The normalized spacial score (nSPS) is 17.6. The number of hydrogen-bond acceptors (Lipinski definition) is 4. The summed E-state index contributed by atoms with van der Waals surface area (Å²) in [5, 5.41) is 2.00. The van der Waals surface area contributed by atoms with E-state index in [0.717, 1.165) is 45.9 Å². The number of hydrogen-bond donors (Lipinski definition) is 1. The number of aliphatic imine (C=N–C) groups is 1. The zero-order valence-electron chi connectivity index (χ0n) is 12.4. The minimum Gasteiger partial charge on any atom is -0.346 e. The summed E-state index contributed by atoms with van der Waals surface area (Å²) in [7, 11) is 0. The number of rotatable bonds is 4. The number of thioether (sulfide) groups is 1. The molecule has 0 bridgehead atoms. The third kappa shape index (κ3) is 2.99. The minimum absolute atomic E-state index is 0.190. The molecular formula is C17H15FN4S. The highest BCUT2D eigenvalue weighted by Gasteiger charge is 2.22. The molecule has 1 N–H and O–H groups in total. The molecule has 4 nitrogen and oxygen atoms in total. The zero-order valence-corrected chi connectivity index (χ0v) is 13.2. The molecule has 1 aliphatic rings. The lowest BCUT2D eigenvalue weighted by Crippen LogP contribution is -2.05. The van der Waals surface area contributed by atoms with E-state index in [4.69, 9.17) is 4.99 Å². The van der Waals surface area contributed by atoms with E-state index in [1.54, 1.807) is 18.1 Å². The van der Waals surface area contributed by atoms with E-state index in [0.29, 0.717) is 0 Å². The Labute approximate surface area is 137 Å². The van der Waals surface area contributed by atoms with Gasteiger partial charge in [0.25, 0.3) is 0 Å². The first-order valence-corrected chi connectivity index (χ1v) is 8.51. The van der Waals surface area contributed by atoms with Gasteiger partial charge in [0.2, 0.25) is 0 Å². The summed E-state index contributed by atoms with van der Waals surface area (Å²) in [6.07, 6.45) is 5.31. The van der Waals surface area contributed by atoms with E-state index in [2.05, 4.69) is 15.0 Å². The number of aryl methyl sites for hydroxylation is 1. The number of benzene rings is 1. The van der Waals surface area contributed by atoms with Gasteiger partial charge in [-0.05, 0) is 36.6 Å². The van der Waals surface area contributed by atoms with Crippen LogP contribution in [-0.2, 0) is 6.42 Å². The molecule has 0 fully saturated rings. The predicted molar refractivity (Wildman–Crippen MR) is 91.4 cm³/mol. The Kier molecular flexibility index (Phi) is 3.83. The largest absolute Gasteiger partial charge is 0.346 e. The fraction of sp³-hybridized carbons (Fsp3) is 0.235. The molecule has 2 aromatic heterocycles. The number of halogens is 1.